The first kappa shape index (κ1) is 23.4. The molecule has 0 unspecified atom stereocenters. The number of nitrogens with two attached hydrogens (primary N) is 1. The minimum absolute atomic E-state index is 0.0837. The second-order valence-electron chi connectivity index (χ2n) is 8.24. The smallest absolute Gasteiger partial charge is 0.294 e. The van der Waals surface area contributed by atoms with Crippen molar-refractivity contribution in [1.29, 1.82) is 0 Å². The molecule has 168 valence electrons. The van der Waals surface area contributed by atoms with Crippen LogP contribution in [0.5, 0.6) is 11.5 Å². The lowest BCUT2D eigenvalue weighted by Crippen LogP contribution is -2.36. The molecule has 2 N–H and O–H groups in total. The van der Waals surface area contributed by atoms with Gasteiger partial charge < -0.3 is 15.2 Å². The van der Waals surface area contributed by atoms with Gasteiger partial charge in [0.1, 0.15) is 31.3 Å². The van der Waals surface area contributed by atoms with Crippen LogP contribution in [0.2, 0.25) is 0 Å². The Hall–Kier alpha value is -3.26. The Kier molecular flexibility index (Phi) is 7.25. The normalized spacial score (nSPS) is 15.3. The molecule has 3 rings (SSSR count). The predicted octanol–water partition coefficient (Wildman–Crippen LogP) is 3.96. The SMILES string of the molecule is CC(C)(C)c1ccc(OCCOc2ccccc2/C=C2\SC(=O)N(CC(N)=O)C2=O)cc1. The molecule has 32 heavy (non-hydrogen) atoms. The van der Waals surface area contributed by atoms with Crippen molar-refractivity contribution in [3.05, 3.63) is 64.6 Å². The van der Waals surface area contributed by atoms with Crippen LogP contribution in [0, 0.1) is 0 Å². The molecule has 0 saturated carbocycles. The van der Waals surface area contributed by atoms with Crippen LogP contribution in [0.15, 0.2) is 53.4 Å². The first-order valence-corrected chi connectivity index (χ1v) is 11.0. The molecule has 1 fully saturated rings. The molecular weight excluding hydrogens is 428 g/mol. The summed E-state index contributed by atoms with van der Waals surface area (Å²) in [6, 6.07) is 15.2. The molecule has 0 atom stereocenters. The number of benzene rings is 2. The monoisotopic (exact) mass is 454 g/mol. The summed E-state index contributed by atoms with van der Waals surface area (Å²) in [6.45, 7) is 6.69. The van der Waals surface area contributed by atoms with Crippen molar-refractivity contribution in [3.8, 4) is 11.5 Å². The summed E-state index contributed by atoms with van der Waals surface area (Å²) in [7, 11) is 0. The molecule has 3 amide bonds. The van der Waals surface area contributed by atoms with Gasteiger partial charge in [-0.3, -0.25) is 19.3 Å². The van der Waals surface area contributed by atoms with Gasteiger partial charge in [-0.25, -0.2) is 0 Å². The lowest BCUT2D eigenvalue weighted by Gasteiger charge is -2.19. The van der Waals surface area contributed by atoms with E-state index in [0.29, 0.717) is 24.5 Å². The van der Waals surface area contributed by atoms with E-state index in [2.05, 4.69) is 32.9 Å². The summed E-state index contributed by atoms with van der Waals surface area (Å²) in [6.07, 6.45) is 1.58. The molecule has 8 heteroatoms. The molecule has 0 radical (unpaired) electrons. The van der Waals surface area contributed by atoms with Gasteiger partial charge in [0, 0.05) is 5.56 Å². The third-order valence-electron chi connectivity index (χ3n) is 4.72. The Bertz CT molecular complexity index is 1040. The molecule has 2 aromatic rings. The van der Waals surface area contributed by atoms with Gasteiger partial charge in [0.15, 0.2) is 0 Å². The minimum atomic E-state index is -0.745. The van der Waals surface area contributed by atoms with Crippen molar-refractivity contribution in [3.63, 3.8) is 0 Å². The maximum absolute atomic E-state index is 12.4. The quantitative estimate of drug-likeness (QED) is 0.479. The zero-order chi connectivity index (χ0) is 23.3. The van der Waals surface area contributed by atoms with Crippen LogP contribution in [-0.2, 0) is 15.0 Å². The molecule has 0 bridgehead atoms. The molecule has 0 aromatic heterocycles. The average Bonchev–Trinajstić information content (AvgIpc) is 2.99. The van der Waals surface area contributed by atoms with Crippen molar-refractivity contribution in [1.82, 2.24) is 4.90 Å². The van der Waals surface area contributed by atoms with Gasteiger partial charge in [0.25, 0.3) is 11.1 Å². The van der Waals surface area contributed by atoms with Gasteiger partial charge in [-0.1, -0.05) is 51.1 Å². The molecule has 1 saturated heterocycles. The molecule has 1 aliphatic heterocycles. The molecule has 7 nitrogen and oxygen atoms in total. The number of ether oxygens (including phenoxy) is 2. The number of rotatable bonds is 8. The van der Waals surface area contributed by atoms with E-state index in [1.807, 2.05) is 18.2 Å². The predicted molar refractivity (Wildman–Crippen MR) is 124 cm³/mol. The number of carbonyl (C=O) groups is 3. The topological polar surface area (TPSA) is 98.9 Å². The maximum Gasteiger partial charge on any atom is 0.294 e. The fourth-order valence-corrected chi connectivity index (χ4v) is 3.86. The van der Waals surface area contributed by atoms with Crippen LogP contribution in [0.4, 0.5) is 4.79 Å². The van der Waals surface area contributed by atoms with Crippen molar-refractivity contribution >= 4 is 34.9 Å². The lowest BCUT2D eigenvalue weighted by atomic mass is 9.87. The maximum atomic E-state index is 12.4. The minimum Gasteiger partial charge on any atom is -0.490 e. The van der Waals surface area contributed by atoms with E-state index < -0.39 is 23.6 Å². The highest BCUT2D eigenvalue weighted by atomic mass is 32.2. The van der Waals surface area contributed by atoms with Crippen LogP contribution in [0.25, 0.3) is 6.08 Å². The summed E-state index contributed by atoms with van der Waals surface area (Å²) in [5.74, 6) is 0.0276. The largest absolute Gasteiger partial charge is 0.490 e. The standard InChI is InChI=1S/C24H26N2O5S/c1-24(2,3)17-8-10-18(11-9-17)30-12-13-31-19-7-5-4-6-16(19)14-20-22(28)26(15-21(25)27)23(29)32-20/h4-11,14H,12-13,15H2,1-3H3,(H2,25,27)/b20-14-. The van der Waals surface area contributed by atoms with E-state index in [-0.39, 0.29) is 10.3 Å². The number of para-hydroxylation sites is 1. The summed E-state index contributed by atoms with van der Waals surface area (Å²) >= 11 is 0.766. The van der Waals surface area contributed by atoms with Crippen molar-refractivity contribution in [2.45, 2.75) is 26.2 Å². The number of primary amides is 1. The Labute approximate surface area is 191 Å². The molecule has 1 aliphatic rings. The third-order valence-corrected chi connectivity index (χ3v) is 5.63. The first-order chi connectivity index (χ1) is 15.1. The van der Waals surface area contributed by atoms with Crippen LogP contribution < -0.4 is 15.2 Å². The van der Waals surface area contributed by atoms with Gasteiger partial charge in [0.05, 0.1) is 4.91 Å². The average molecular weight is 455 g/mol. The highest BCUT2D eigenvalue weighted by molar-refractivity contribution is 8.18. The molecule has 1 heterocycles. The molecule has 0 spiro atoms. The number of imide groups is 1. The van der Waals surface area contributed by atoms with Crippen LogP contribution in [0.3, 0.4) is 0 Å². The van der Waals surface area contributed by atoms with Crippen LogP contribution in [-0.4, -0.2) is 41.7 Å². The fraction of sp³-hybridized carbons (Fsp3) is 0.292. The summed E-state index contributed by atoms with van der Waals surface area (Å²) in [5, 5.41) is -0.524. The molecule has 0 aliphatic carbocycles. The van der Waals surface area contributed by atoms with Gasteiger partial charge in [-0.2, -0.15) is 0 Å². The van der Waals surface area contributed by atoms with Crippen molar-refractivity contribution < 1.29 is 23.9 Å². The lowest BCUT2D eigenvalue weighted by molar-refractivity contribution is -0.127. The Morgan fingerprint density at radius 2 is 1.69 bits per heavy atom. The fourth-order valence-electron chi connectivity index (χ4n) is 3.03. The Morgan fingerprint density at radius 1 is 1.03 bits per heavy atom. The summed E-state index contributed by atoms with van der Waals surface area (Å²) < 4.78 is 11.6. The zero-order valence-electron chi connectivity index (χ0n) is 18.3. The number of thioether (sulfide) groups is 1. The van der Waals surface area contributed by atoms with Crippen molar-refractivity contribution in [2.75, 3.05) is 19.8 Å². The van der Waals surface area contributed by atoms with Gasteiger partial charge >= 0.3 is 0 Å². The second-order valence-corrected chi connectivity index (χ2v) is 9.24. The van der Waals surface area contributed by atoms with Crippen LogP contribution >= 0.6 is 11.8 Å². The van der Waals surface area contributed by atoms with Gasteiger partial charge in [0.2, 0.25) is 5.91 Å². The van der Waals surface area contributed by atoms with Gasteiger partial charge in [-0.15, -0.1) is 0 Å². The second kappa shape index (κ2) is 9.91. The highest BCUT2D eigenvalue weighted by Crippen LogP contribution is 2.33. The molecular formula is C24H26N2O5S. The third kappa shape index (κ3) is 5.91. The van der Waals surface area contributed by atoms with Crippen molar-refractivity contribution in [2.24, 2.45) is 5.73 Å². The Balaban J connectivity index is 1.60. The number of amides is 3. The van der Waals surface area contributed by atoms with E-state index in [4.69, 9.17) is 15.2 Å². The van der Waals surface area contributed by atoms with E-state index >= 15 is 0 Å². The molecule has 2 aromatic carbocycles. The number of carbonyl (C=O) groups excluding carboxylic acids is 3. The highest BCUT2D eigenvalue weighted by Gasteiger charge is 2.36. The van der Waals surface area contributed by atoms with E-state index in [1.165, 1.54) is 5.56 Å². The van der Waals surface area contributed by atoms with E-state index in [0.717, 1.165) is 22.4 Å². The van der Waals surface area contributed by atoms with Gasteiger partial charge in [-0.05, 0) is 47.0 Å². The summed E-state index contributed by atoms with van der Waals surface area (Å²) in [5.41, 5.74) is 7.07. The van der Waals surface area contributed by atoms with Crippen LogP contribution in [0.1, 0.15) is 31.9 Å². The zero-order valence-corrected chi connectivity index (χ0v) is 19.1. The Morgan fingerprint density at radius 3 is 2.34 bits per heavy atom. The summed E-state index contributed by atoms with van der Waals surface area (Å²) in [4.78, 5) is 36.6. The number of nitrogens with zero attached hydrogens (tertiary/aromatic N) is 1. The van der Waals surface area contributed by atoms with E-state index in [9.17, 15) is 14.4 Å². The number of hydrogen-bond acceptors (Lipinski definition) is 6. The first-order valence-electron chi connectivity index (χ1n) is 10.1. The number of hydrogen-bond donors (Lipinski definition) is 1. The van der Waals surface area contributed by atoms with E-state index in [1.54, 1.807) is 24.3 Å².